The summed E-state index contributed by atoms with van der Waals surface area (Å²) in [4.78, 5) is 14.0. The van der Waals surface area contributed by atoms with Crippen molar-refractivity contribution in [3.8, 4) is 0 Å². The smallest absolute Gasteiger partial charge is 0.318 e. The van der Waals surface area contributed by atoms with Gasteiger partial charge in [0.1, 0.15) is 4.75 Å². The molecule has 1 aliphatic carbocycles. The molecule has 1 unspecified atom stereocenters. The first kappa shape index (κ1) is 15.9. The van der Waals surface area contributed by atoms with Crippen LogP contribution in [0.5, 0.6) is 0 Å². The summed E-state index contributed by atoms with van der Waals surface area (Å²) in [5, 5.41) is 10.9. The van der Waals surface area contributed by atoms with E-state index in [2.05, 4.69) is 15.5 Å². The molecule has 1 N–H and O–H groups in total. The monoisotopic (exact) mass is 354 g/mol. The molecular formula is C15H22N4O4S. The summed E-state index contributed by atoms with van der Waals surface area (Å²) in [7, 11) is -3.25. The molecule has 8 nitrogen and oxygen atoms in total. The van der Waals surface area contributed by atoms with E-state index in [1.165, 1.54) is 0 Å². The lowest BCUT2D eigenvalue weighted by atomic mass is 9.89. The second-order valence-corrected chi connectivity index (χ2v) is 9.69. The van der Waals surface area contributed by atoms with Crippen LogP contribution in [0.2, 0.25) is 0 Å². The molecule has 9 heteroatoms. The molecule has 2 aliphatic heterocycles. The third kappa shape index (κ3) is 2.24. The molecule has 24 heavy (non-hydrogen) atoms. The van der Waals surface area contributed by atoms with Gasteiger partial charge in [-0.15, -0.1) is 5.10 Å². The minimum Gasteiger partial charge on any atom is -0.408 e. The maximum Gasteiger partial charge on any atom is 0.318 e. The van der Waals surface area contributed by atoms with Gasteiger partial charge in [-0.1, -0.05) is 18.9 Å². The molecule has 132 valence electrons. The number of hydrogen-bond acceptors (Lipinski definition) is 7. The Bertz CT molecular complexity index is 768. The summed E-state index contributed by atoms with van der Waals surface area (Å²) in [5.74, 6) is 1.10. The number of carbonyl (C=O) groups is 1. The second-order valence-electron chi connectivity index (χ2n) is 7.24. The molecule has 0 radical (unpaired) electrons. The molecule has 0 bridgehead atoms. The van der Waals surface area contributed by atoms with E-state index < -0.39 is 14.6 Å². The van der Waals surface area contributed by atoms with Crippen LogP contribution in [-0.2, 0) is 21.1 Å². The molecule has 4 rings (SSSR count). The number of aryl methyl sites for hydroxylation is 1. The number of amides is 1. The maximum absolute atomic E-state index is 12.6. The van der Waals surface area contributed by atoms with E-state index in [-0.39, 0.29) is 23.6 Å². The van der Waals surface area contributed by atoms with Gasteiger partial charge in [-0.05, 0) is 18.8 Å². The van der Waals surface area contributed by atoms with Crippen LogP contribution in [0, 0.1) is 11.8 Å². The van der Waals surface area contributed by atoms with Crippen LogP contribution < -0.4 is 10.2 Å². The molecule has 1 amide bonds. The summed E-state index contributed by atoms with van der Waals surface area (Å²) in [5.41, 5.74) is 0. The van der Waals surface area contributed by atoms with Gasteiger partial charge >= 0.3 is 6.01 Å². The van der Waals surface area contributed by atoms with E-state index in [1.807, 2.05) is 13.8 Å². The minimum absolute atomic E-state index is 0.00603. The summed E-state index contributed by atoms with van der Waals surface area (Å²) in [6.07, 6.45) is 2.02. The van der Waals surface area contributed by atoms with Crippen molar-refractivity contribution in [2.75, 3.05) is 23.7 Å². The summed E-state index contributed by atoms with van der Waals surface area (Å²) < 4.78 is 29.8. The Hall–Kier alpha value is -1.64. The molecule has 2 saturated heterocycles. The van der Waals surface area contributed by atoms with Crippen LogP contribution in [0.3, 0.4) is 0 Å². The van der Waals surface area contributed by atoms with Crippen LogP contribution in [0.15, 0.2) is 4.42 Å². The number of nitrogens with one attached hydrogen (secondary N) is 1. The third-order valence-corrected chi connectivity index (χ3v) is 8.19. The van der Waals surface area contributed by atoms with Crippen molar-refractivity contribution in [1.29, 1.82) is 0 Å². The standard InChI is InChI=1S/C15H22N4O4S/c1-3-12-17-18-14(23-12)19-7-15(8-19)11(4-5-24(15,21)22)16-13(20)10-6-9(10)2/h9-11H,3-8H2,1-2H3,(H,16,20)/t9-,10-,11?/m0/s1. The van der Waals surface area contributed by atoms with Gasteiger partial charge in [0.25, 0.3) is 0 Å². The fraction of sp³-hybridized carbons (Fsp3) is 0.800. The Morgan fingerprint density at radius 2 is 2.12 bits per heavy atom. The molecule has 1 aromatic rings. The lowest BCUT2D eigenvalue weighted by Crippen LogP contribution is -2.72. The van der Waals surface area contributed by atoms with Crippen molar-refractivity contribution in [1.82, 2.24) is 15.5 Å². The Morgan fingerprint density at radius 3 is 2.71 bits per heavy atom. The minimum atomic E-state index is -3.25. The van der Waals surface area contributed by atoms with E-state index in [1.54, 1.807) is 4.90 Å². The molecule has 3 heterocycles. The van der Waals surface area contributed by atoms with Crippen LogP contribution >= 0.6 is 0 Å². The van der Waals surface area contributed by atoms with Gasteiger partial charge in [-0.25, -0.2) is 8.42 Å². The number of sulfone groups is 1. The average molecular weight is 354 g/mol. The number of aromatic nitrogens is 2. The van der Waals surface area contributed by atoms with E-state index in [9.17, 15) is 13.2 Å². The summed E-state index contributed by atoms with van der Waals surface area (Å²) >= 11 is 0. The number of hydrogen-bond donors (Lipinski definition) is 1. The highest BCUT2D eigenvalue weighted by Gasteiger charge is 2.63. The fourth-order valence-corrected chi connectivity index (χ4v) is 6.06. The number of nitrogens with zero attached hydrogens (tertiary/aromatic N) is 3. The van der Waals surface area contributed by atoms with Gasteiger partial charge in [-0.2, -0.15) is 0 Å². The van der Waals surface area contributed by atoms with Crippen molar-refractivity contribution >= 4 is 21.8 Å². The lowest BCUT2D eigenvalue weighted by molar-refractivity contribution is -0.123. The van der Waals surface area contributed by atoms with Gasteiger partial charge in [0.15, 0.2) is 9.84 Å². The summed E-state index contributed by atoms with van der Waals surface area (Å²) in [6, 6.07) is 0.0353. The number of rotatable bonds is 4. The van der Waals surface area contributed by atoms with Crippen LogP contribution in [0.4, 0.5) is 6.01 Å². The zero-order valence-corrected chi connectivity index (χ0v) is 14.7. The van der Waals surface area contributed by atoms with Crippen LogP contribution in [-0.4, -0.2) is 54.2 Å². The van der Waals surface area contributed by atoms with Crippen LogP contribution in [0.1, 0.15) is 32.6 Å². The quantitative estimate of drug-likeness (QED) is 0.820. The van der Waals surface area contributed by atoms with E-state index >= 15 is 0 Å². The molecule has 1 saturated carbocycles. The topological polar surface area (TPSA) is 105 Å². The summed E-state index contributed by atoms with van der Waals surface area (Å²) in [6.45, 7) is 4.55. The first-order valence-corrected chi connectivity index (χ1v) is 10.1. The SMILES string of the molecule is CCc1nnc(N2CC3(C2)C(NC(=O)[C@H]2C[C@@H]2C)CCS3(=O)=O)o1. The molecular weight excluding hydrogens is 332 g/mol. The van der Waals surface area contributed by atoms with E-state index in [0.29, 0.717) is 43.8 Å². The largest absolute Gasteiger partial charge is 0.408 e. The average Bonchev–Trinajstić information content (AvgIpc) is 2.93. The molecule has 1 aromatic heterocycles. The lowest BCUT2D eigenvalue weighted by Gasteiger charge is -2.48. The highest BCUT2D eigenvalue weighted by molar-refractivity contribution is 7.93. The highest BCUT2D eigenvalue weighted by atomic mass is 32.2. The normalized spacial score (nSPS) is 32.6. The molecule has 3 atom stereocenters. The first-order valence-electron chi connectivity index (χ1n) is 8.46. The molecule has 3 aliphatic rings. The van der Waals surface area contributed by atoms with Crippen molar-refractivity contribution in [2.24, 2.45) is 11.8 Å². The zero-order chi connectivity index (χ0) is 17.1. The number of carbonyl (C=O) groups excluding carboxylic acids is 1. The number of anilines is 1. The van der Waals surface area contributed by atoms with E-state index in [4.69, 9.17) is 4.42 Å². The molecule has 0 aromatic carbocycles. The van der Waals surface area contributed by atoms with Crippen molar-refractivity contribution in [3.63, 3.8) is 0 Å². The van der Waals surface area contributed by atoms with Gasteiger partial charge in [-0.3, -0.25) is 4.79 Å². The molecule has 1 spiro atoms. The van der Waals surface area contributed by atoms with Crippen molar-refractivity contribution in [3.05, 3.63) is 5.89 Å². The van der Waals surface area contributed by atoms with Crippen molar-refractivity contribution in [2.45, 2.75) is 43.9 Å². The Kier molecular flexibility index (Phi) is 3.42. The predicted octanol–water partition coefficient (Wildman–Crippen LogP) is 0.150. The zero-order valence-electron chi connectivity index (χ0n) is 13.9. The fourth-order valence-electron chi connectivity index (χ4n) is 3.79. The highest BCUT2D eigenvalue weighted by Crippen LogP contribution is 2.43. The van der Waals surface area contributed by atoms with Gasteiger partial charge in [0.05, 0.1) is 11.8 Å². The first-order chi connectivity index (χ1) is 11.4. The Morgan fingerprint density at radius 1 is 1.42 bits per heavy atom. The molecule has 3 fully saturated rings. The van der Waals surface area contributed by atoms with Gasteiger partial charge < -0.3 is 14.6 Å². The van der Waals surface area contributed by atoms with Crippen LogP contribution in [0.25, 0.3) is 0 Å². The van der Waals surface area contributed by atoms with E-state index in [0.717, 1.165) is 6.42 Å². The predicted molar refractivity (Wildman–Crippen MR) is 86.2 cm³/mol. The third-order valence-electron chi connectivity index (χ3n) is 5.64. The Balaban J connectivity index is 1.50. The second kappa shape index (κ2) is 5.18. The van der Waals surface area contributed by atoms with Crippen molar-refractivity contribution < 1.29 is 17.6 Å². The maximum atomic E-state index is 12.6. The van der Waals surface area contributed by atoms with Gasteiger partial charge in [0.2, 0.25) is 11.8 Å². The van der Waals surface area contributed by atoms with Gasteiger partial charge in [0, 0.05) is 25.4 Å². The Labute approximate surface area is 140 Å².